The first-order valence-corrected chi connectivity index (χ1v) is 11.4. The van der Waals surface area contributed by atoms with E-state index in [1.165, 1.54) is 0 Å². The molecule has 3 aromatic carbocycles. The Balaban J connectivity index is 1.54. The Hall–Kier alpha value is -2.56. The smallest absolute Gasteiger partial charge is 0.254 e. The normalized spacial score (nSPS) is 16.7. The number of rotatable bonds is 4. The van der Waals surface area contributed by atoms with Crippen LogP contribution in [-0.4, -0.2) is 35.4 Å². The summed E-state index contributed by atoms with van der Waals surface area (Å²) in [7, 11) is 0. The third kappa shape index (κ3) is 4.45. The van der Waals surface area contributed by atoms with Crippen molar-refractivity contribution in [2.24, 2.45) is 0 Å². The molecular formula is C25H22ClNO2S. The molecule has 0 aromatic heterocycles. The van der Waals surface area contributed by atoms with Gasteiger partial charge in [0.05, 0.1) is 5.56 Å². The average molecular weight is 436 g/mol. The molecular weight excluding hydrogens is 414 g/mol. The van der Waals surface area contributed by atoms with Gasteiger partial charge in [-0.05, 0) is 24.1 Å². The van der Waals surface area contributed by atoms with Crippen LogP contribution in [0.25, 0.3) is 0 Å². The quantitative estimate of drug-likeness (QED) is 0.479. The van der Waals surface area contributed by atoms with E-state index in [1.54, 1.807) is 30.3 Å². The zero-order chi connectivity index (χ0) is 20.9. The molecule has 5 heteroatoms. The first-order chi connectivity index (χ1) is 14.6. The van der Waals surface area contributed by atoms with Gasteiger partial charge < -0.3 is 4.90 Å². The fourth-order valence-corrected chi connectivity index (χ4v) is 5.34. The van der Waals surface area contributed by atoms with Gasteiger partial charge in [0.1, 0.15) is 0 Å². The van der Waals surface area contributed by atoms with Gasteiger partial charge in [-0.1, -0.05) is 78.3 Å². The van der Waals surface area contributed by atoms with E-state index >= 15 is 0 Å². The number of ketones is 1. The van der Waals surface area contributed by atoms with Crippen molar-refractivity contribution in [1.29, 1.82) is 0 Å². The van der Waals surface area contributed by atoms with E-state index in [4.69, 9.17) is 11.6 Å². The van der Waals surface area contributed by atoms with E-state index in [0.717, 1.165) is 22.8 Å². The van der Waals surface area contributed by atoms with Gasteiger partial charge in [0.25, 0.3) is 5.91 Å². The maximum absolute atomic E-state index is 13.4. The molecule has 3 aromatic rings. The molecule has 152 valence electrons. The molecule has 0 aliphatic carbocycles. The van der Waals surface area contributed by atoms with Crippen molar-refractivity contribution in [1.82, 2.24) is 4.90 Å². The van der Waals surface area contributed by atoms with Crippen LogP contribution in [0, 0.1) is 0 Å². The number of carbonyl (C=O) groups is 2. The third-order valence-corrected chi connectivity index (χ3v) is 6.97. The summed E-state index contributed by atoms with van der Waals surface area (Å²) in [4.78, 5) is 28.2. The Labute approximate surface area is 186 Å². The highest BCUT2D eigenvalue weighted by Gasteiger charge is 2.26. The van der Waals surface area contributed by atoms with Gasteiger partial charge >= 0.3 is 0 Å². The minimum atomic E-state index is -0.127. The summed E-state index contributed by atoms with van der Waals surface area (Å²) in [6, 6.07) is 24.1. The highest BCUT2D eigenvalue weighted by molar-refractivity contribution is 7.99. The molecule has 1 fully saturated rings. The number of carbonyl (C=O) groups excluding carboxylic acids is 2. The van der Waals surface area contributed by atoms with Gasteiger partial charge in [0.15, 0.2) is 5.78 Å². The molecule has 3 nitrogen and oxygen atoms in total. The molecule has 0 spiro atoms. The first kappa shape index (κ1) is 20.7. The molecule has 1 saturated heterocycles. The number of benzene rings is 3. The maximum atomic E-state index is 13.4. The Morgan fingerprint density at radius 3 is 2.27 bits per heavy atom. The van der Waals surface area contributed by atoms with Crippen LogP contribution >= 0.6 is 23.4 Å². The number of thioether (sulfide) groups is 1. The largest absolute Gasteiger partial charge is 0.338 e. The van der Waals surface area contributed by atoms with E-state index in [2.05, 4.69) is 6.07 Å². The summed E-state index contributed by atoms with van der Waals surface area (Å²) < 4.78 is 0. The monoisotopic (exact) mass is 435 g/mol. The second kappa shape index (κ2) is 9.50. The number of amides is 1. The van der Waals surface area contributed by atoms with E-state index < -0.39 is 0 Å². The molecule has 1 atom stereocenters. The molecule has 4 rings (SSSR count). The van der Waals surface area contributed by atoms with E-state index in [9.17, 15) is 9.59 Å². The molecule has 1 aliphatic heterocycles. The van der Waals surface area contributed by atoms with Crippen LogP contribution in [0.4, 0.5) is 0 Å². The molecule has 0 saturated carbocycles. The number of hydrogen-bond donors (Lipinski definition) is 0. The maximum Gasteiger partial charge on any atom is 0.254 e. The number of halogens is 1. The topological polar surface area (TPSA) is 37.4 Å². The first-order valence-electron chi connectivity index (χ1n) is 9.99. The Morgan fingerprint density at radius 1 is 0.833 bits per heavy atom. The van der Waals surface area contributed by atoms with Crippen molar-refractivity contribution in [3.63, 3.8) is 0 Å². The van der Waals surface area contributed by atoms with Gasteiger partial charge in [0, 0.05) is 40.2 Å². The lowest BCUT2D eigenvalue weighted by Gasteiger charge is -2.22. The molecule has 1 unspecified atom stereocenters. The van der Waals surface area contributed by atoms with Gasteiger partial charge in [-0.2, -0.15) is 11.8 Å². The van der Waals surface area contributed by atoms with Gasteiger partial charge in [0.2, 0.25) is 0 Å². The fourth-order valence-electron chi connectivity index (χ4n) is 3.74. The standard InChI is InChI=1S/C25H22ClNO2S/c26-22-13-7-6-12-21(22)23-14-15-27(16-17-30-23)25(29)20-11-5-4-10-19(20)24(28)18-8-2-1-3-9-18/h1-13,23H,14-17H2. The summed E-state index contributed by atoms with van der Waals surface area (Å²) in [6.45, 7) is 1.29. The summed E-state index contributed by atoms with van der Waals surface area (Å²) in [5, 5.41) is 1.03. The summed E-state index contributed by atoms with van der Waals surface area (Å²) in [5.74, 6) is 0.615. The van der Waals surface area contributed by atoms with Crippen molar-refractivity contribution >= 4 is 35.1 Å². The van der Waals surface area contributed by atoms with Gasteiger partial charge in [-0.15, -0.1) is 0 Å². The summed E-state index contributed by atoms with van der Waals surface area (Å²) in [6.07, 6.45) is 0.828. The highest BCUT2D eigenvalue weighted by Crippen LogP contribution is 2.38. The van der Waals surface area contributed by atoms with Gasteiger partial charge in [-0.3, -0.25) is 9.59 Å². The van der Waals surface area contributed by atoms with Crippen LogP contribution in [0.1, 0.15) is 43.5 Å². The zero-order valence-electron chi connectivity index (χ0n) is 16.5. The zero-order valence-corrected chi connectivity index (χ0v) is 18.0. The Morgan fingerprint density at radius 2 is 1.50 bits per heavy atom. The minimum Gasteiger partial charge on any atom is -0.338 e. The molecule has 30 heavy (non-hydrogen) atoms. The SMILES string of the molecule is O=C(c1ccccc1)c1ccccc1C(=O)N1CCSC(c2ccccc2Cl)CC1. The van der Waals surface area contributed by atoms with Gasteiger partial charge in [-0.25, -0.2) is 0 Å². The van der Waals surface area contributed by atoms with E-state index in [1.807, 2.05) is 59.1 Å². The second-order valence-corrected chi connectivity index (χ2v) is 8.92. The minimum absolute atomic E-state index is 0.0877. The van der Waals surface area contributed by atoms with Crippen LogP contribution in [0.2, 0.25) is 5.02 Å². The van der Waals surface area contributed by atoms with Crippen LogP contribution < -0.4 is 0 Å². The second-order valence-electron chi connectivity index (χ2n) is 7.20. The lowest BCUT2D eigenvalue weighted by atomic mass is 9.97. The average Bonchev–Trinajstić information content (AvgIpc) is 3.05. The predicted octanol–water partition coefficient (Wildman–Crippen LogP) is 5.89. The predicted molar refractivity (Wildman–Crippen MR) is 123 cm³/mol. The number of nitrogens with zero attached hydrogens (tertiary/aromatic N) is 1. The fraction of sp³-hybridized carbons (Fsp3) is 0.200. The van der Waals surface area contributed by atoms with Crippen molar-refractivity contribution in [3.8, 4) is 0 Å². The third-order valence-electron chi connectivity index (χ3n) is 5.32. The van der Waals surface area contributed by atoms with Crippen molar-refractivity contribution < 1.29 is 9.59 Å². The lowest BCUT2D eigenvalue weighted by molar-refractivity contribution is 0.0762. The molecule has 0 radical (unpaired) electrons. The molecule has 1 aliphatic rings. The summed E-state index contributed by atoms with van der Waals surface area (Å²) >= 11 is 8.22. The molecule has 1 amide bonds. The van der Waals surface area contributed by atoms with Crippen LogP contribution in [0.3, 0.4) is 0 Å². The lowest BCUT2D eigenvalue weighted by Crippen LogP contribution is -2.34. The van der Waals surface area contributed by atoms with Crippen LogP contribution in [-0.2, 0) is 0 Å². The van der Waals surface area contributed by atoms with Crippen LogP contribution in [0.5, 0.6) is 0 Å². The van der Waals surface area contributed by atoms with Crippen LogP contribution in [0.15, 0.2) is 78.9 Å². The molecule has 1 heterocycles. The Kier molecular flexibility index (Phi) is 6.56. The van der Waals surface area contributed by atoms with Crippen molar-refractivity contribution in [2.45, 2.75) is 11.7 Å². The highest BCUT2D eigenvalue weighted by atomic mass is 35.5. The molecule has 0 N–H and O–H groups in total. The molecule has 0 bridgehead atoms. The van der Waals surface area contributed by atoms with E-state index in [0.29, 0.717) is 29.8 Å². The van der Waals surface area contributed by atoms with E-state index in [-0.39, 0.29) is 16.9 Å². The van der Waals surface area contributed by atoms with Crippen molar-refractivity contribution in [3.05, 3.63) is 106 Å². The number of hydrogen-bond acceptors (Lipinski definition) is 3. The Bertz CT molecular complexity index is 1050. The summed E-state index contributed by atoms with van der Waals surface area (Å²) in [5.41, 5.74) is 2.63. The van der Waals surface area contributed by atoms with Crippen molar-refractivity contribution in [2.75, 3.05) is 18.8 Å².